The van der Waals surface area contributed by atoms with E-state index < -0.39 is 11.6 Å². The molecule has 32 heavy (non-hydrogen) atoms. The van der Waals surface area contributed by atoms with Crippen molar-refractivity contribution in [2.45, 2.75) is 17.3 Å². The van der Waals surface area contributed by atoms with E-state index in [0.717, 1.165) is 29.8 Å². The molecule has 10 heteroatoms. The first-order valence-corrected chi connectivity index (χ1v) is 11.6. The zero-order chi connectivity index (χ0) is 22.1. The van der Waals surface area contributed by atoms with E-state index in [1.807, 2.05) is 24.4 Å². The van der Waals surface area contributed by atoms with Gasteiger partial charge in [0, 0.05) is 35.0 Å². The van der Waals surface area contributed by atoms with Crippen molar-refractivity contribution in [1.29, 1.82) is 0 Å². The summed E-state index contributed by atoms with van der Waals surface area (Å²) in [5.41, 5.74) is 2.53. The van der Waals surface area contributed by atoms with Crippen LogP contribution in [0.15, 0.2) is 58.6 Å². The lowest BCUT2D eigenvalue weighted by Gasteiger charge is -2.03. The van der Waals surface area contributed by atoms with Gasteiger partial charge in [-0.1, -0.05) is 53.4 Å². The highest BCUT2D eigenvalue weighted by Gasteiger charge is 2.13. The zero-order valence-corrected chi connectivity index (χ0v) is 18.2. The van der Waals surface area contributed by atoms with Crippen molar-refractivity contribution in [3.05, 3.63) is 81.8 Å². The molecule has 0 spiro atoms. The monoisotopic (exact) mass is 469 g/mol. The van der Waals surface area contributed by atoms with Crippen molar-refractivity contribution in [3.8, 4) is 0 Å². The number of para-hydroxylation sites is 1. The van der Waals surface area contributed by atoms with Crippen molar-refractivity contribution >= 4 is 49.5 Å². The Morgan fingerprint density at radius 1 is 1.06 bits per heavy atom. The predicted octanol–water partition coefficient (Wildman–Crippen LogP) is 5.09. The molecule has 2 aromatic carbocycles. The van der Waals surface area contributed by atoms with E-state index in [2.05, 4.69) is 31.3 Å². The topological polar surface area (TPSA) is 86.5 Å². The summed E-state index contributed by atoms with van der Waals surface area (Å²) in [5, 5.41) is 5.36. The van der Waals surface area contributed by atoms with Crippen LogP contribution < -0.4 is 10.9 Å². The Hall–Kier alpha value is -3.24. The summed E-state index contributed by atoms with van der Waals surface area (Å²) in [5.74, 6) is -1.65. The first kappa shape index (κ1) is 20.7. The highest BCUT2D eigenvalue weighted by molar-refractivity contribution is 7.98. The van der Waals surface area contributed by atoms with Gasteiger partial charge in [0.1, 0.15) is 4.70 Å². The Labute approximate surface area is 189 Å². The molecule has 5 rings (SSSR count). The zero-order valence-electron chi connectivity index (χ0n) is 16.6. The van der Waals surface area contributed by atoms with Crippen molar-refractivity contribution < 1.29 is 8.78 Å². The lowest BCUT2D eigenvalue weighted by molar-refractivity contribution is 0.502. The molecule has 0 aliphatic carbocycles. The summed E-state index contributed by atoms with van der Waals surface area (Å²) in [4.78, 5) is 27.2. The Morgan fingerprint density at radius 2 is 1.94 bits per heavy atom. The normalized spacial score (nSPS) is 11.4. The van der Waals surface area contributed by atoms with Gasteiger partial charge in [-0.2, -0.15) is 4.98 Å². The van der Waals surface area contributed by atoms with E-state index in [1.165, 1.54) is 34.4 Å². The smallest absolute Gasteiger partial charge is 0.271 e. The largest absolute Gasteiger partial charge is 0.361 e. The van der Waals surface area contributed by atoms with Crippen LogP contribution in [-0.4, -0.2) is 26.5 Å². The molecular weight excluding hydrogens is 452 g/mol. The number of H-pyrrole nitrogens is 2. The number of nitrogens with one attached hydrogen (secondary N) is 3. The van der Waals surface area contributed by atoms with Crippen LogP contribution in [-0.2, 0) is 12.2 Å². The average molecular weight is 470 g/mol. The summed E-state index contributed by atoms with van der Waals surface area (Å²) in [6.07, 6.45) is 2.80. The molecule has 0 amide bonds. The van der Waals surface area contributed by atoms with Crippen LogP contribution in [0, 0.1) is 11.6 Å². The lowest BCUT2D eigenvalue weighted by Crippen LogP contribution is -2.07. The van der Waals surface area contributed by atoms with Crippen LogP contribution in [0.3, 0.4) is 0 Å². The van der Waals surface area contributed by atoms with E-state index >= 15 is 0 Å². The number of rotatable bonds is 7. The minimum Gasteiger partial charge on any atom is -0.361 e. The molecule has 3 heterocycles. The SMILES string of the molecule is O=c1[nH]c(SCc2cccc(F)c2F)nc2nc(NCCc3c[nH]c4ccccc34)sc12. The number of aromatic amines is 2. The molecule has 0 bridgehead atoms. The van der Waals surface area contributed by atoms with Crippen molar-refractivity contribution in [1.82, 2.24) is 19.9 Å². The lowest BCUT2D eigenvalue weighted by atomic mass is 10.1. The van der Waals surface area contributed by atoms with Gasteiger partial charge in [-0.15, -0.1) is 0 Å². The van der Waals surface area contributed by atoms with Gasteiger partial charge in [-0.3, -0.25) is 4.79 Å². The van der Waals surface area contributed by atoms with Crippen LogP contribution in [0.1, 0.15) is 11.1 Å². The van der Waals surface area contributed by atoms with Crippen molar-refractivity contribution in [3.63, 3.8) is 0 Å². The molecule has 5 aromatic rings. The molecule has 0 radical (unpaired) electrons. The fourth-order valence-corrected chi connectivity index (χ4v) is 5.06. The number of fused-ring (bicyclic) bond motifs is 2. The standard InChI is InChI=1S/C22H17F2N5OS2/c23-15-6-3-4-13(17(15)24)11-31-22-28-19-18(20(30)29-22)32-21(27-19)25-9-8-12-10-26-16-7-2-1-5-14(12)16/h1-7,10,26H,8-9,11H2,(H2,25,27,28,29,30). The molecule has 0 fully saturated rings. The quantitative estimate of drug-likeness (QED) is 0.228. The van der Waals surface area contributed by atoms with Gasteiger partial charge < -0.3 is 15.3 Å². The minimum atomic E-state index is -0.900. The first-order valence-electron chi connectivity index (χ1n) is 9.84. The Morgan fingerprint density at radius 3 is 2.84 bits per heavy atom. The molecular formula is C22H17F2N5OS2. The number of hydrogen-bond acceptors (Lipinski definition) is 6. The third-order valence-corrected chi connectivity index (χ3v) is 6.91. The summed E-state index contributed by atoms with van der Waals surface area (Å²) in [7, 11) is 0. The average Bonchev–Trinajstić information content (AvgIpc) is 3.39. The number of thiazole rings is 1. The molecule has 0 aliphatic heterocycles. The maximum atomic E-state index is 13.8. The van der Waals surface area contributed by atoms with E-state index in [0.29, 0.717) is 27.2 Å². The summed E-state index contributed by atoms with van der Waals surface area (Å²) >= 11 is 2.36. The van der Waals surface area contributed by atoms with Gasteiger partial charge in [0.15, 0.2) is 27.6 Å². The van der Waals surface area contributed by atoms with Crippen LogP contribution in [0.25, 0.3) is 21.3 Å². The number of aromatic nitrogens is 4. The van der Waals surface area contributed by atoms with Gasteiger partial charge >= 0.3 is 0 Å². The van der Waals surface area contributed by atoms with Gasteiger partial charge in [0.05, 0.1) is 0 Å². The second-order valence-electron chi connectivity index (χ2n) is 7.08. The third-order valence-electron chi connectivity index (χ3n) is 4.98. The Bertz CT molecular complexity index is 1480. The molecule has 0 saturated heterocycles. The summed E-state index contributed by atoms with van der Waals surface area (Å²) < 4.78 is 27.6. The maximum absolute atomic E-state index is 13.8. The number of nitrogens with zero attached hydrogens (tertiary/aromatic N) is 2. The summed E-state index contributed by atoms with van der Waals surface area (Å²) in [6, 6.07) is 12.1. The van der Waals surface area contributed by atoms with Gasteiger partial charge in [-0.05, 0) is 24.1 Å². The van der Waals surface area contributed by atoms with Crippen molar-refractivity contribution in [2.24, 2.45) is 0 Å². The maximum Gasteiger partial charge on any atom is 0.271 e. The van der Waals surface area contributed by atoms with Crippen LogP contribution in [0.4, 0.5) is 13.9 Å². The van der Waals surface area contributed by atoms with Crippen LogP contribution in [0.5, 0.6) is 0 Å². The molecule has 6 nitrogen and oxygen atoms in total. The van der Waals surface area contributed by atoms with E-state index in [1.54, 1.807) is 0 Å². The number of benzene rings is 2. The van der Waals surface area contributed by atoms with Crippen molar-refractivity contribution in [2.75, 3.05) is 11.9 Å². The molecule has 0 saturated carbocycles. The van der Waals surface area contributed by atoms with E-state index in [4.69, 9.17) is 0 Å². The number of anilines is 1. The second-order valence-corrected chi connectivity index (χ2v) is 9.04. The Kier molecular flexibility index (Phi) is 5.62. The molecule has 0 unspecified atom stereocenters. The molecule has 3 N–H and O–H groups in total. The van der Waals surface area contributed by atoms with Gasteiger partial charge in [0.25, 0.3) is 5.56 Å². The second kappa shape index (κ2) is 8.71. The number of hydrogen-bond donors (Lipinski definition) is 3. The third kappa shape index (κ3) is 4.11. The first-order chi connectivity index (χ1) is 15.6. The number of thioether (sulfide) groups is 1. The highest BCUT2D eigenvalue weighted by Crippen LogP contribution is 2.26. The van der Waals surface area contributed by atoms with Gasteiger partial charge in [-0.25, -0.2) is 13.8 Å². The molecule has 0 atom stereocenters. The predicted molar refractivity (Wildman–Crippen MR) is 124 cm³/mol. The number of halogens is 2. The molecule has 3 aromatic heterocycles. The van der Waals surface area contributed by atoms with Crippen LogP contribution >= 0.6 is 23.1 Å². The van der Waals surface area contributed by atoms with Gasteiger partial charge in [0.2, 0.25) is 0 Å². The van der Waals surface area contributed by atoms with E-state index in [9.17, 15) is 13.6 Å². The summed E-state index contributed by atoms with van der Waals surface area (Å²) in [6.45, 7) is 0.653. The minimum absolute atomic E-state index is 0.137. The molecule has 0 aliphatic rings. The van der Waals surface area contributed by atoms with Crippen LogP contribution in [0.2, 0.25) is 0 Å². The van der Waals surface area contributed by atoms with E-state index in [-0.39, 0.29) is 16.9 Å². The Balaban J connectivity index is 1.28. The highest BCUT2D eigenvalue weighted by atomic mass is 32.2. The fraction of sp³-hybridized carbons (Fsp3) is 0.136. The fourth-order valence-electron chi connectivity index (χ4n) is 3.41. The molecule has 162 valence electrons.